The Hall–Kier alpha value is -2.29. The molecule has 2 rings (SSSR count). The molecule has 0 heterocycles. The quantitative estimate of drug-likeness (QED) is 0.807. The van der Waals surface area contributed by atoms with Crippen LogP contribution >= 0.6 is 0 Å². The molecule has 0 aliphatic carbocycles. The molecule has 0 radical (unpaired) electrons. The topological polar surface area (TPSA) is 49.3 Å². The van der Waals surface area contributed by atoms with Crippen LogP contribution in [0, 0.1) is 0 Å². The molecule has 0 saturated heterocycles. The van der Waals surface area contributed by atoms with Crippen molar-refractivity contribution in [1.29, 1.82) is 0 Å². The molecule has 2 aromatic rings. The van der Waals surface area contributed by atoms with Crippen molar-refractivity contribution in [2.45, 2.75) is 12.8 Å². The second-order valence-electron chi connectivity index (χ2n) is 4.40. The van der Waals surface area contributed by atoms with Crippen LogP contribution in [0.3, 0.4) is 0 Å². The molecule has 1 amide bonds. The zero-order chi connectivity index (χ0) is 13.5. The Bertz CT molecular complexity index is 537. The highest BCUT2D eigenvalue weighted by Gasteiger charge is 2.03. The Morgan fingerprint density at radius 3 is 2.58 bits per heavy atom. The second kappa shape index (κ2) is 6.59. The summed E-state index contributed by atoms with van der Waals surface area (Å²) in [5.74, 6) is 0.238. The van der Waals surface area contributed by atoms with Crippen LogP contribution in [0.15, 0.2) is 54.6 Å². The number of rotatable bonds is 5. The Morgan fingerprint density at radius 2 is 1.84 bits per heavy atom. The van der Waals surface area contributed by atoms with Crippen molar-refractivity contribution in [3.63, 3.8) is 0 Å². The van der Waals surface area contributed by atoms with E-state index >= 15 is 0 Å². The van der Waals surface area contributed by atoms with Crippen LogP contribution in [-0.4, -0.2) is 17.6 Å². The van der Waals surface area contributed by atoms with Gasteiger partial charge in [-0.15, -0.1) is 0 Å². The molecular weight excluding hydrogens is 238 g/mol. The number of carbonyl (C=O) groups is 1. The number of hydrogen-bond donors (Lipinski definition) is 2. The molecule has 0 atom stereocenters. The Labute approximate surface area is 112 Å². The van der Waals surface area contributed by atoms with Crippen molar-refractivity contribution in [3.05, 3.63) is 65.7 Å². The van der Waals surface area contributed by atoms with Gasteiger partial charge in [0.1, 0.15) is 5.75 Å². The number of aromatic hydroxyl groups is 1. The summed E-state index contributed by atoms with van der Waals surface area (Å²) in [7, 11) is 0. The third kappa shape index (κ3) is 4.14. The summed E-state index contributed by atoms with van der Waals surface area (Å²) in [4.78, 5) is 11.8. The standard InChI is InChI=1S/C16H17NO2/c18-15-10-4-6-13(12-15)7-5-11-17-16(19)14-8-2-1-3-9-14/h1-4,6,8-10,12,18H,5,7,11H2,(H,17,19). The molecule has 0 aliphatic rings. The number of nitrogens with one attached hydrogen (secondary N) is 1. The van der Waals surface area contributed by atoms with Gasteiger partial charge in [0.2, 0.25) is 0 Å². The van der Waals surface area contributed by atoms with E-state index in [4.69, 9.17) is 0 Å². The van der Waals surface area contributed by atoms with E-state index < -0.39 is 0 Å². The van der Waals surface area contributed by atoms with Gasteiger partial charge in [-0.25, -0.2) is 0 Å². The van der Waals surface area contributed by atoms with E-state index in [0.29, 0.717) is 12.1 Å². The van der Waals surface area contributed by atoms with E-state index in [1.807, 2.05) is 30.3 Å². The van der Waals surface area contributed by atoms with E-state index in [2.05, 4.69) is 5.32 Å². The lowest BCUT2D eigenvalue weighted by atomic mass is 10.1. The molecule has 3 nitrogen and oxygen atoms in total. The molecule has 3 heteroatoms. The summed E-state index contributed by atoms with van der Waals surface area (Å²) < 4.78 is 0. The van der Waals surface area contributed by atoms with Crippen molar-refractivity contribution in [3.8, 4) is 5.75 Å². The fraction of sp³-hybridized carbons (Fsp3) is 0.188. The van der Waals surface area contributed by atoms with E-state index in [1.165, 1.54) is 0 Å². The molecule has 2 N–H and O–H groups in total. The third-order valence-corrected chi connectivity index (χ3v) is 2.87. The first-order valence-corrected chi connectivity index (χ1v) is 6.37. The molecule has 0 bridgehead atoms. The van der Waals surface area contributed by atoms with Crippen LogP contribution in [0.1, 0.15) is 22.3 Å². The van der Waals surface area contributed by atoms with Crippen LogP contribution in [-0.2, 0) is 6.42 Å². The van der Waals surface area contributed by atoms with Crippen molar-refractivity contribution in [2.24, 2.45) is 0 Å². The lowest BCUT2D eigenvalue weighted by Crippen LogP contribution is -2.24. The average Bonchev–Trinajstić information content (AvgIpc) is 2.44. The Balaban J connectivity index is 1.74. The van der Waals surface area contributed by atoms with Crippen molar-refractivity contribution in [2.75, 3.05) is 6.54 Å². The predicted molar refractivity (Wildman–Crippen MR) is 75.2 cm³/mol. The number of phenolic OH excluding ortho intramolecular Hbond substituents is 1. The monoisotopic (exact) mass is 255 g/mol. The summed E-state index contributed by atoms with van der Waals surface area (Å²) in [6.07, 6.45) is 1.69. The van der Waals surface area contributed by atoms with Crippen molar-refractivity contribution < 1.29 is 9.90 Å². The predicted octanol–water partition coefficient (Wildman–Crippen LogP) is 2.75. The van der Waals surface area contributed by atoms with Gasteiger partial charge in [0.25, 0.3) is 5.91 Å². The normalized spacial score (nSPS) is 10.1. The van der Waals surface area contributed by atoms with Crippen LogP contribution in [0.2, 0.25) is 0 Å². The molecule has 0 aliphatic heterocycles. The summed E-state index contributed by atoms with van der Waals surface area (Å²) in [5, 5.41) is 12.2. The fourth-order valence-corrected chi connectivity index (χ4v) is 1.90. The molecule has 0 unspecified atom stereocenters. The molecule has 2 aromatic carbocycles. The minimum Gasteiger partial charge on any atom is -0.508 e. The first-order valence-electron chi connectivity index (χ1n) is 6.37. The van der Waals surface area contributed by atoms with Gasteiger partial charge in [0.15, 0.2) is 0 Å². The van der Waals surface area contributed by atoms with Gasteiger partial charge in [-0.3, -0.25) is 4.79 Å². The Morgan fingerprint density at radius 1 is 1.05 bits per heavy atom. The molecule has 0 spiro atoms. The molecular formula is C16H17NO2. The fourth-order valence-electron chi connectivity index (χ4n) is 1.90. The van der Waals surface area contributed by atoms with Gasteiger partial charge in [-0.05, 0) is 42.7 Å². The van der Waals surface area contributed by atoms with Gasteiger partial charge < -0.3 is 10.4 Å². The van der Waals surface area contributed by atoms with Crippen LogP contribution < -0.4 is 5.32 Å². The maximum Gasteiger partial charge on any atom is 0.251 e. The van der Waals surface area contributed by atoms with Gasteiger partial charge in [-0.2, -0.15) is 0 Å². The number of hydrogen-bond acceptors (Lipinski definition) is 2. The first kappa shape index (κ1) is 13.1. The van der Waals surface area contributed by atoms with Crippen LogP contribution in [0.4, 0.5) is 0 Å². The van der Waals surface area contributed by atoms with E-state index in [9.17, 15) is 9.90 Å². The van der Waals surface area contributed by atoms with Crippen LogP contribution in [0.5, 0.6) is 5.75 Å². The van der Waals surface area contributed by atoms with E-state index in [1.54, 1.807) is 24.3 Å². The van der Waals surface area contributed by atoms with Gasteiger partial charge in [0.05, 0.1) is 0 Å². The molecule has 0 aromatic heterocycles. The lowest BCUT2D eigenvalue weighted by Gasteiger charge is -2.05. The highest BCUT2D eigenvalue weighted by Crippen LogP contribution is 2.12. The minimum absolute atomic E-state index is 0.0449. The zero-order valence-corrected chi connectivity index (χ0v) is 10.7. The smallest absolute Gasteiger partial charge is 0.251 e. The molecule has 0 saturated carbocycles. The summed E-state index contributed by atoms with van der Waals surface area (Å²) in [6, 6.07) is 16.4. The van der Waals surface area contributed by atoms with Gasteiger partial charge in [0, 0.05) is 12.1 Å². The average molecular weight is 255 g/mol. The molecule has 98 valence electrons. The summed E-state index contributed by atoms with van der Waals surface area (Å²) in [5.41, 5.74) is 1.76. The van der Waals surface area contributed by atoms with Gasteiger partial charge in [-0.1, -0.05) is 30.3 Å². The van der Waals surface area contributed by atoms with Crippen molar-refractivity contribution >= 4 is 5.91 Å². The zero-order valence-electron chi connectivity index (χ0n) is 10.7. The summed E-state index contributed by atoms with van der Waals surface area (Å²) >= 11 is 0. The maximum atomic E-state index is 11.8. The molecule has 19 heavy (non-hydrogen) atoms. The van der Waals surface area contributed by atoms with Gasteiger partial charge >= 0.3 is 0 Å². The number of aryl methyl sites for hydroxylation is 1. The highest BCUT2D eigenvalue weighted by molar-refractivity contribution is 5.94. The number of phenols is 1. The largest absolute Gasteiger partial charge is 0.508 e. The number of carbonyl (C=O) groups excluding carboxylic acids is 1. The van der Waals surface area contributed by atoms with Crippen molar-refractivity contribution in [1.82, 2.24) is 5.32 Å². The number of benzene rings is 2. The third-order valence-electron chi connectivity index (χ3n) is 2.87. The summed E-state index contributed by atoms with van der Waals surface area (Å²) in [6.45, 7) is 0.628. The lowest BCUT2D eigenvalue weighted by molar-refractivity contribution is 0.0953. The maximum absolute atomic E-state index is 11.8. The van der Waals surface area contributed by atoms with Crippen LogP contribution in [0.25, 0.3) is 0 Å². The number of amides is 1. The van der Waals surface area contributed by atoms with E-state index in [-0.39, 0.29) is 11.7 Å². The first-order chi connectivity index (χ1) is 9.25. The molecule has 0 fully saturated rings. The minimum atomic E-state index is -0.0449. The SMILES string of the molecule is O=C(NCCCc1cccc(O)c1)c1ccccc1. The Kier molecular flexibility index (Phi) is 4.56. The second-order valence-corrected chi connectivity index (χ2v) is 4.40. The van der Waals surface area contributed by atoms with E-state index in [0.717, 1.165) is 18.4 Å². The highest BCUT2D eigenvalue weighted by atomic mass is 16.3.